The topological polar surface area (TPSA) is 49.4 Å². The van der Waals surface area contributed by atoms with Crippen LogP contribution in [0.15, 0.2) is 54.6 Å². The number of rotatable bonds is 5. The van der Waals surface area contributed by atoms with Gasteiger partial charge >= 0.3 is 0 Å². The molecule has 0 aromatic heterocycles. The molecule has 4 nitrogen and oxygen atoms in total. The van der Waals surface area contributed by atoms with Crippen LogP contribution in [0.1, 0.15) is 28.8 Å². The molecular weight excluding hydrogens is 336 g/mol. The van der Waals surface area contributed by atoms with Crippen molar-refractivity contribution in [1.82, 2.24) is 10.2 Å². The van der Waals surface area contributed by atoms with Gasteiger partial charge in [-0.1, -0.05) is 54.1 Å². The number of likely N-dealkylation sites (tertiary alicyclic amines) is 1. The zero-order valence-electron chi connectivity index (χ0n) is 14.0. The summed E-state index contributed by atoms with van der Waals surface area (Å²) >= 11 is 6.02. The molecule has 130 valence electrons. The number of carbonyl (C=O) groups is 2. The van der Waals surface area contributed by atoms with Gasteiger partial charge < -0.3 is 10.2 Å². The summed E-state index contributed by atoms with van der Waals surface area (Å²) in [4.78, 5) is 26.6. The van der Waals surface area contributed by atoms with Gasteiger partial charge in [0.15, 0.2) is 0 Å². The van der Waals surface area contributed by atoms with E-state index >= 15 is 0 Å². The summed E-state index contributed by atoms with van der Waals surface area (Å²) < 4.78 is 0. The lowest BCUT2D eigenvalue weighted by Crippen LogP contribution is -2.43. The molecule has 1 N–H and O–H groups in total. The van der Waals surface area contributed by atoms with Crippen LogP contribution < -0.4 is 5.32 Å². The van der Waals surface area contributed by atoms with Crippen molar-refractivity contribution in [3.05, 3.63) is 70.7 Å². The molecule has 3 rings (SSSR count). The quantitative estimate of drug-likeness (QED) is 0.893. The average molecular weight is 357 g/mol. The zero-order chi connectivity index (χ0) is 17.6. The molecule has 0 saturated carbocycles. The Bertz CT molecular complexity index is 748. The number of nitrogens with one attached hydrogen (secondary N) is 1. The number of nitrogens with zero attached hydrogens (tertiary/aromatic N) is 1. The van der Waals surface area contributed by atoms with E-state index in [0.717, 1.165) is 25.8 Å². The van der Waals surface area contributed by atoms with Gasteiger partial charge in [0, 0.05) is 12.6 Å². The van der Waals surface area contributed by atoms with E-state index in [1.807, 2.05) is 23.1 Å². The lowest BCUT2D eigenvalue weighted by atomic mass is 10.0. The van der Waals surface area contributed by atoms with Crippen molar-refractivity contribution in [3.8, 4) is 0 Å². The monoisotopic (exact) mass is 356 g/mol. The fraction of sp³-hybridized carbons (Fsp3) is 0.300. The molecule has 1 atom stereocenters. The van der Waals surface area contributed by atoms with Gasteiger partial charge in [-0.3, -0.25) is 9.59 Å². The maximum atomic E-state index is 12.5. The van der Waals surface area contributed by atoms with Crippen LogP contribution in [0.5, 0.6) is 0 Å². The molecule has 1 aliphatic heterocycles. The third-order valence-corrected chi connectivity index (χ3v) is 4.86. The molecule has 0 radical (unpaired) electrons. The van der Waals surface area contributed by atoms with E-state index < -0.39 is 0 Å². The molecule has 0 bridgehead atoms. The Morgan fingerprint density at radius 1 is 1.08 bits per heavy atom. The molecule has 0 spiro atoms. The van der Waals surface area contributed by atoms with E-state index in [9.17, 15) is 9.59 Å². The number of hydrogen-bond acceptors (Lipinski definition) is 2. The minimum absolute atomic E-state index is 0.00462. The predicted molar refractivity (Wildman–Crippen MR) is 98.7 cm³/mol. The standard InChI is InChI=1S/C20H21ClN2O2/c21-18-11-5-4-10-17(18)20(25)22-14-19(24)23-12-6-9-16(23)13-15-7-2-1-3-8-15/h1-5,7-8,10-11,16H,6,9,12-14H2,(H,22,25). The van der Waals surface area contributed by atoms with Crippen molar-refractivity contribution in [2.45, 2.75) is 25.3 Å². The van der Waals surface area contributed by atoms with E-state index in [2.05, 4.69) is 17.4 Å². The molecule has 1 fully saturated rings. The van der Waals surface area contributed by atoms with Crippen molar-refractivity contribution >= 4 is 23.4 Å². The second kappa shape index (κ2) is 8.17. The Kier molecular flexibility index (Phi) is 5.71. The molecule has 25 heavy (non-hydrogen) atoms. The summed E-state index contributed by atoms with van der Waals surface area (Å²) in [6.07, 6.45) is 2.85. The SMILES string of the molecule is O=C(NCC(=O)N1CCCC1Cc1ccccc1)c1ccccc1Cl. The van der Waals surface area contributed by atoms with Crippen molar-refractivity contribution in [1.29, 1.82) is 0 Å². The van der Waals surface area contributed by atoms with Gasteiger partial charge in [0.1, 0.15) is 0 Å². The Labute approximate surface area is 152 Å². The van der Waals surface area contributed by atoms with Gasteiger partial charge in [0.05, 0.1) is 17.1 Å². The molecule has 2 aromatic carbocycles. The number of carbonyl (C=O) groups excluding carboxylic acids is 2. The molecule has 1 saturated heterocycles. The van der Waals surface area contributed by atoms with E-state index in [-0.39, 0.29) is 24.4 Å². The lowest BCUT2D eigenvalue weighted by molar-refractivity contribution is -0.130. The predicted octanol–water partition coefficient (Wildman–Crippen LogP) is 3.30. The van der Waals surface area contributed by atoms with E-state index in [1.54, 1.807) is 24.3 Å². The minimum Gasteiger partial charge on any atom is -0.343 e. The number of amides is 2. The summed E-state index contributed by atoms with van der Waals surface area (Å²) in [5, 5.41) is 3.07. The second-order valence-corrected chi connectivity index (χ2v) is 6.64. The Morgan fingerprint density at radius 3 is 2.56 bits per heavy atom. The Hall–Kier alpha value is -2.33. The smallest absolute Gasteiger partial charge is 0.253 e. The van der Waals surface area contributed by atoms with Crippen LogP contribution >= 0.6 is 11.6 Å². The van der Waals surface area contributed by atoms with E-state index in [4.69, 9.17) is 11.6 Å². The Morgan fingerprint density at radius 2 is 1.80 bits per heavy atom. The van der Waals surface area contributed by atoms with E-state index in [0.29, 0.717) is 10.6 Å². The average Bonchev–Trinajstić information content (AvgIpc) is 3.09. The lowest BCUT2D eigenvalue weighted by Gasteiger charge is -2.25. The molecule has 1 heterocycles. The molecule has 2 aromatic rings. The molecular formula is C20H21ClN2O2. The highest BCUT2D eigenvalue weighted by Crippen LogP contribution is 2.21. The summed E-state index contributed by atoms with van der Waals surface area (Å²) in [5.41, 5.74) is 1.62. The van der Waals surface area contributed by atoms with Crippen molar-refractivity contribution < 1.29 is 9.59 Å². The maximum absolute atomic E-state index is 12.5. The summed E-state index contributed by atoms with van der Waals surface area (Å²) in [6, 6.07) is 17.2. The highest BCUT2D eigenvalue weighted by atomic mass is 35.5. The third kappa shape index (κ3) is 4.40. The van der Waals surface area contributed by atoms with Crippen LogP contribution in [0, 0.1) is 0 Å². The molecule has 0 aliphatic carbocycles. The Balaban J connectivity index is 1.57. The largest absolute Gasteiger partial charge is 0.343 e. The number of hydrogen-bond donors (Lipinski definition) is 1. The van der Waals surface area contributed by atoms with Crippen molar-refractivity contribution in [3.63, 3.8) is 0 Å². The fourth-order valence-electron chi connectivity index (χ4n) is 3.26. The number of benzene rings is 2. The second-order valence-electron chi connectivity index (χ2n) is 6.24. The first-order chi connectivity index (χ1) is 12.1. The van der Waals surface area contributed by atoms with Gasteiger partial charge in [-0.2, -0.15) is 0 Å². The first-order valence-corrected chi connectivity index (χ1v) is 8.89. The van der Waals surface area contributed by atoms with Crippen LogP contribution in [0.2, 0.25) is 5.02 Å². The van der Waals surface area contributed by atoms with Gasteiger partial charge in [0.25, 0.3) is 5.91 Å². The molecule has 5 heteroatoms. The first kappa shape index (κ1) is 17.5. The van der Waals surface area contributed by atoms with Crippen LogP contribution in [-0.4, -0.2) is 35.8 Å². The summed E-state index contributed by atoms with van der Waals surface area (Å²) in [6.45, 7) is 0.744. The van der Waals surface area contributed by atoms with Gasteiger partial charge in [-0.15, -0.1) is 0 Å². The minimum atomic E-state index is -0.322. The zero-order valence-corrected chi connectivity index (χ0v) is 14.7. The fourth-order valence-corrected chi connectivity index (χ4v) is 3.48. The van der Waals surface area contributed by atoms with E-state index in [1.165, 1.54) is 5.56 Å². The van der Waals surface area contributed by atoms with Gasteiger partial charge in [-0.25, -0.2) is 0 Å². The van der Waals surface area contributed by atoms with Crippen LogP contribution in [0.25, 0.3) is 0 Å². The molecule has 2 amide bonds. The van der Waals surface area contributed by atoms with Crippen LogP contribution in [0.3, 0.4) is 0 Å². The molecule has 1 unspecified atom stereocenters. The van der Waals surface area contributed by atoms with Gasteiger partial charge in [0.2, 0.25) is 5.91 Å². The highest BCUT2D eigenvalue weighted by Gasteiger charge is 2.28. The third-order valence-electron chi connectivity index (χ3n) is 4.53. The highest BCUT2D eigenvalue weighted by molar-refractivity contribution is 6.33. The van der Waals surface area contributed by atoms with Crippen molar-refractivity contribution in [2.75, 3.05) is 13.1 Å². The maximum Gasteiger partial charge on any atom is 0.253 e. The summed E-state index contributed by atoms with van der Waals surface area (Å²) in [5.74, 6) is -0.364. The van der Waals surface area contributed by atoms with Crippen LogP contribution in [-0.2, 0) is 11.2 Å². The normalized spacial score (nSPS) is 16.7. The van der Waals surface area contributed by atoms with Crippen molar-refractivity contribution in [2.24, 2.45) is 0 Å². The van der Waals surface area contributed by atoms with Gasteiger partial charge in [-0.05, 0) is 37.0 Å². The molecule has 1 aliphatic rings. The summed E-state index contributed by atoms with van der Waals surface area (Å²) in [7, 11) is 0. The first-order valence-electron chi connectivity index (χ1n) is 8.51. The number of halogens is 1. The van der Waals surface area contributed by atoms with Crippen LogP contribution in [0.4, 0.5) is 0 Å².